The molecule has 4 aromatic rings. The molecule has 0 unspecified atom stereocenters. The molecule has 2 amide bonds. The molecule has 4 heterocycles. The van der Waals surface area contributed by atoms with Gasteiger partial charge in [0.25, 0.3) is 10.0 Å². The highest BCUT2D eigenvalue weighted by Gasteiger charge is 2.23. The van der Waals surface area contributed by atoms with E-state index in [1.165, 1.54) is 35.9 Å². The van der Waals surface area contributed by atoms with Gasteiger partial charge in [0.1, 0.15) is 15.6 Å². The van der Waals surface area contributed by atoms with E-state index in [1.807, 2.05) is 18.2 Å². The van der Waals surface area contributed by atoms with E-state index in [-0.39, 0.29) is 4.21 Å². The van der Waals surface area contributed by atoms with Crippen molar-refractivity contribution in [3.8, 4) is 10.4 Å². The second kappa shape index (κ2) is 13.3. The maximum Gasteiger partial charge on any atom is 0.412 e. The first-order chi connectivity index (χ1) is 21.4. The average Bonchev–Trinajstić information content (AvgIpc) is 3.68. The summed E-state index contributed by atoms with van der Waals surface area (Å²) in [5, 5.41) is 5.37. The number of thiophene rings is 1. The first-order valence-corrected chi connectivity index (χ1v) is 16.7. The van der Waals surface area contributed by atoms with Crippen molar-refractivity contribution in [2.75, 3.05) is 48.8 Å². The molecule has 2 N–H and O–H groups in total. The van der Waals surface area contributed by atoms with E-state index in [0.717, 1.165) is 46.4 Å². The molecule has 0 spiro atoms. The molecule has 0 aliphatic carbocycles. The van der Waals surface area contributed by atoms with Crippen LogP contribution in [-0.2, 0) is 19.6 Å². The van der Waals surface area contributed by atoms with Gasteiger partial charge in [-0.1, -0.05) is 12.1 Å². The van der Waals surface area contributed by atoms with Gasteiger partial charge in [0, 0.05) is 61.3 Å². The highest BCUT2D eigenvalue weighted by molar-refractivity contribution is 7.92. The molecule has 0 bridgehead atoms. The fourth-order valence-corrected chi connectivity index (χ4v) is 7.30. The van der Waals surface area contributed by atoms with Crippen molar-refractivity contribution >= 4 is 56.6 Å². The van der Waals surface area contributed by atoms with Crippen LogP contribution in [0.5, 0.6) is 0 Å². The fraction of sp³-hybridized carbons (Fsp3) is 0.281. The highest BCUT2D eigenvalue weighted by Crippen LogP contribution is 2.36. The molecular formula is C32H36N6O5S2. The van der Waals surface area contributed by atoms with Crippen molar-refractivity contribution < 1.29 is 22.7 Å². The standard InChI is InChI=1S/C32H36N6O5S2/c1-32(2,3)43-31(40)35-26-10-6-5-9-25(26)34-28(39)13-11-23-15-17-38(22-23)45(41,42)29-14-12-27(44-29)24-8-7-16-33-30(24)37-20-18-36(4)19-21-37/h5-17,22H,18-21H2,1-4H3,(H,34,39)(H,35,40). The van der Waals surface area contributed by atoms with Crippen LogP contribution in [-0.4, -0.2) is 73.1 Å². The summed E-state index contributed by atoms with van der Waals surface area (Å²) in [6.07, 6.45) is 6.83. The predicted octanol–water partition coefficient (Wildman–Crippen LogP) is 5.60. The summed E-state index contributed by atoms with van der Waals surface area (Å²) in [5.74, 6) is 0.394. The zero-order chi connectivity index (χ0) is 32.2. The molecule has 45 heavy (non-hydrogen) atoms. The molecule has 0 atom stereocenters. The van der Waals surface area contributed by atoms with Crippen LogP contribution >= 0.6 is 11.3 Å². The Morgan fingerprint density at radius 1 is 0.956 bits per heavy atom. The van der Waals surface area contributed by atoms with Gasteiger partial charge >= 0.3 is 6.09 Å². The third kappa shape index (κ3) is 7.98. The van der Waals surface area contributed by atoms with Gasteiger partial charge in [0.05, 0.1) is 11.4 Å². The number of rotatable bonds is 8. The largest absolute Gasteiger partial charge is 0.444 e. The second-order valence-electron chi connectivity index (χ2n) is 11.6. The van der Waals surface area contributed by atoms with Gasteiger partial charge < -0.3 is 19.9 Å². The number of likely N-dealkylation sites (N-methyl/N-ethyl adjacent to an activating group) is 1. The Labute approximate surface area is 267 Å². The molecule has 13 heteroatoms. The van der Waals surface area contributed by atoms with Crippen molar-refractivity contribution in [2.45, 2.75) is 30.6 Å². The number of benzene rings is 1. The van der Waals surface area contributed by atoms with Crippen LogP contribution in [0.15, 0.2) is 83.5 Å². The summed E-state index contributed by atoms with van der Waals surface area (Å²) in [6.45, 7) is 8.85. The van der Waals surface area contributed by atoms with Crippen molar-refractivity contribution in [3.63, 3.8) is 0 Å². The Morgan fingerprint density at radius 2 is 1.67 bits per heavy atom. The maximum atomic E-state index is 13.5. The average molecular weight is 649 g/mol. The Kier molecular flexibility index (Phi) is 9.42. The SMILES string of the molecule is CN1CCN(c2ncccc2-c2ccc(S(=O)(=O)n3ccc(C=CC(=O)Nc4ccccc4NC(=O)OC(C)(C)C)c3)s2)CC1. The first-order valence-electron chi connectivity index (χ1n) is 14.4. The monoisotopic (exact) mass is 648 g/mol. The molecule has 1 saturated heterocycles. The molecule has 236 valence electrons. The number of piperazine rings is 1. The Bertz CT molecular complexity index is 1810. The van der Waals surface area contributed by atoms with Gasteiger partial charge in [-0.15, -0.1) is 11.3 Å². The number of amides is 2. The number of pyridine rings is 1. The lowest BCUT2D eigenvalue weighted by atomic mass is 10.2. The molecule has 11 nitrogen and oxygen atoms in total. The van der Waals surface area contributed by atoms with Gasteiger partial charge in [-0.3, -0.25) is 10.1 Å². The molecule has 1 aliphatic heterocycles. The van der Waals surface area contributed by atoms with Gasteiger partial charge in [-0.05, 0) is 81.9 Å². The molecule has 0 saturated carbocycles. The third-order valence-electron chi connectivity index (χ3n) is 6.91. The van der Waals surface area contributed by atoms with Gasteiger partial charge in [-0.25, -0.2) is 13.8 Å². The van der Waals surface area contributed by atoms with Crippen LogP contribution < -0.4 is 15.5 Å². The number of hydrogen-bond acceptors (Lipinski definition) is 9. The molecule has 1 aliphatic rings. The van der Waals surface area contributed by atoms with Crippen LogP contribution in [0.25, 0.3) is 16.5 Å². The molecule has 1 fully saturated rings. The minimum absolute atomic E-state index is 0.198. The van der Waals surface area contributed by atoms with Crippen molar-refractivity contribution in [1.29, 1.82) is 0 Å². The molecule has 1 aromatic carbocycles. The minimum atomic E-state index is -3.86. The molecule has 3 aromatic heterocycles. The van der Waals surface area contributed by atoms with E-state index in [1.54, 1.807) is 63.4 Å². The van der Waals surface area contributed by atoms with Crippen LogP contribution in [0.1, 0.15) is 26.3 Å². The van der Waals surface area contributed by atoms with Crippen LogP contribution in [0.3, 0.4) is 0 Å². The zero-order valence-electron chi connectivity index (χ0n) is 25.6. The topological polar surface area (TPSA) is 126 Å². The summed E-state index contributed by atoms with van der Waals surface area (Å²) in [4.78, 5) is 34.9. The number of para-hydroxylation sites is 2. The van der Waals surface area contributed by atoms with Crippen molar-refractivity contribution in [2.24, 2.45) is 0 Å². The van der Waals surface area contributed by atoms with E-state index >= 15 is 0 Å². The second-order valence-corrected chi connectivity index (χ2v) is 14.7. The minimum Gasteiger partial charge on any atom is -0.444 e. The normalized spacial score (nSPS) is 14.4. The summed E-state index contributed by atoms with van der Waals surface area (Å²) < 4.78 is 33.6. The summed E-state index contributed by atoms with van der Waals surface area (Å²) in [6, 6.07) is 15.6. The van der Waals surface area contributed by atoms with Crippen LogP contribution in [0.4, 0.5) is 22.0 Å². The lowest BCUT2D eigenvalue weighted by Crippen LogP contribution is -2.45. The number of ether oxygens (including phenoxy) is 1. The summed E-state index contributed by atoms with van der Waals surface area (Å²) in [5.41, 5.74) is 1.52. The number of anilines is 3. The number of carbonyl (C=O) groups is 2. The lowest BCUT2D eigenvalue weighted by molar-refractivity contribution is -0.111. The third-order valence-corrected chi connectivity index (χ3v) is 10.1. The molecular weight excluding hydrogens is 613 g/mol. The van der Waals surface area contributed by atoms with Gasteiger partial charge in [-0.2, -0.15) is 8.42 Å². The van der Waals surface area contributed by atoms with E-state index in [9.17, 15) is 18.0 Å². The number of hydrogen-bond donors (Lipinski definition) is 2. The molecule has 0 radical (unpaired) electrons. The van der Waals surface area contributed by atoms with E-state index < -0.39 is 27.6 Å². The highest BCUT2D eigenvalue weighted by atomic mass is 32.2. The Morgan fingerprint density at radius 3 is 2.38 bits per heavy atom. The van der Waals surface area contributed by atoms with Gasteiger partial charge in [0.2, 0.25) is 5.91 Å². The number of aromatic nitrogens is 2. The fourth-order valence-electron chi connectivity index (χ4n) is 4.67. The number of carbonyl (C=O) groups excluding carboxylic acids is 2. The van der Waals surface area contributed by atoms with Crippen LogP contribution in [0.2, 0.25) is 0 Å². The Hall–Kier alpha value is -4.46. The predicted molar refractivity (Wildman–Crippen MR) is 178 cm³/mol. The van der Waals surface area contributed by atoms with Gasteiger partial charge in [0.15, 0.2) is 0 Å². The van der Waals surface area contributed by atoms with Crippen molar-refractivity contribution in [3.05, 3.63) is 84.8 Å². The zero-order valence-corrected chi connectivity index (χ0v) is 27.2. The molecule has 5 rings (SSSR count). The number of nitrogens with zero attached hydrogens (tertiary/aromatic N) is 4. The lowest BCUT2D eigenvalue weighted by Gasteiger charge is -2.34. The van der Waals surface area contributed by atoms with E-state index in [2.05, 4.69) is 32.5 Å². The number of nitrogens with one attached hydrogen (secondary N) is 2. The maximum absolute atomic E-state index is 13.5. The Balaban J connectivity index is 1.26. The van der Waals surface area contributed by atoms with Crippen LogP contribution in [0, 0.1) is 0 Å². The van der Waals surface area contributed by atoms with Crippen molar-refractivity contribution in [1.82, 2.24) is 13.9 Å². The van der Waals surface area contributed by atoms with E-state index in [0.29, 0.717) is 16.9 Å². The summed E-state index contributed by atoms with van der Waals surface area (Å²) in [7, 11) is -1.76. The summed E-state index contributed by atoms with van der Waals surface area (Å²) >= 11 is 1.20. The smallest absolute Gasteiger partial charge is 0.412 e. The van der Waals surface area contributed by atoms with E-state index in [4.69, 9.17) is 4.74 Å². The quantitative estimate of drug-likeness (QED) is 0.237. The first kappa shape index (κ1) is 31.9.